The normalized spacial score (nSPS) is 12.4. The lowest BCUT2D eigenvalue weighted by molar-refractivity contribution is -0.137. The van der Waals surface area contributed by atoms with Crippen LogP contribution < -0.4 is 10.6 Å². The van der Waals surface area contributed by atoms with Gasteiger partial charge < -0.3 is 19.9 Å². The molecule has 3 aromatic carbocycles. The molecule has 1 unspecified atom stereocenters. The van der Waals surface area contributed by atoms with Crippen molar-refractivity contribution in [1.29, 1.82) is 0 Å². The van der Waals surface area contributed by atoms with Crippen LogP contribution in [0.1, 0.15) is 58.8 Å². The van der Waals surface area contributed by atoms with Crippen molar-refractivity contribution in [3.63, 3.8) is 0 Å². The van der Waals surface area contributed by atoms with Gasteiger partial charge in [-0.2, -0.15) is 13.2 Å². The molecular formula is C30H30F3N3O3. The Morgan fingerprint density at radius 3 is 2.28 bits per heavy atom. The van der Waals surface area contributed by atoms with Gasteiger partial charge in [-0.05, 0) is 54.8 Å². The van der Waals surface area contributed by atoms with Gasteiger partial charge in [-0.15, -0.1) is 0 Å². The van der Waals surface area contributed by atoms with E-state index in [9.17, 15) is 22.8 Å². The topological polar surface area (TPSA) is 72.4 Å². The SMILES string of the molecule is COC(=O)c1ccc(C(C)NC(=O)c2c(Nc3cccc(C(F)(F)F)c3)c3ccccc3n2CC(C)C)cc1. The lowest BCUT2D eigenvalue weighted by Gasteiger charge is -2.19. The number of methoxy groups -OCH3 is 1. The van der Waals surface area contributed by atoms with Crippen LogP contribution in [-0.2, 0) is 17.5 Å². The first-order valence-electron chi connectivity index (χ1n) is 12.5. The minimum absolute atomic E-state index is 0.192. The summed E-state index contributed by atoms with van der Waals surface area (Å²) in [5, 5.41) is 6.84. The summed E-state index contributed by atoms with van der Waals surface area (Å²) >= 11 is 0. The molecule has 204 valence electrons. The fourth-order valence-corrected chi connectivity index (χ4v) is 4.51. The Balaban J connectivity index is 1.75. The summed E-state index contributed by atoms with van der Waals surface area (Å²) in [6.45, 7) is 6.40. The number of amides is 1. The van der Waals surface area contributed by atoms with Crippen molar-refractivity contribution in [2.24, 2.45) is 5.92 Å². The Morgan fingerprint density at radius 2 is 1.64 bits per heavy atom. The number of hydrogen-bond donors (Lipinski definition) is 2. The van der Waals surface area contributed by atoms with Gasteiger partial charge in [0.25, 0.3) is 5.91 Å². The van der Waals surface area contributed by atoms with Crippen molar-refractivity contribution in [3.8, 4) is 0 Å². The maximum absolute atomic E-state index is 13.8. The highest BCUT2D eigenvalue weighted by molar-refractivity contribution is 6.10. The summed E-state index contributed by atoms with van der Waals surface area (Å²) in [6, 6.07) is 18.6. The summed E-state index contributed by atoms with van der Waals surface area (Å²) in [7, 11) is 1.31. The first-order valence-corrected chi connectivity index (χ1v) is 12.5. The minimum Gasteiger partial charge on any atom is -0.465 e. The van der Waals surface area contributed by atoms with Crippen molar-refractivity contribution in [2.75, 3.05) is 12.4 Å². The number of rotatable bonds is 8. The van der Waals surface area contributed by atoms with Crippen LogP contribution in [0.15, 0.2) is 72.8 Å². The van der Waals surface area contributed by atoms with Crippen LogP contribution in [0.3, 0.4) is 0 Å². The molecule has 4 aromatic rings. The quantitative estimate of drug-likeness (QED) is 0.231. The van der Waals surface area contributed by atoms with Crippen molar-refractivity contribution >= 4 is 34.2 Å². The monoisotopic (exact) mass is 537 g/mol. The van der Waals surface area contributed by atoms with E-state index >= 15 is 0 Å². The molecule has 0 saturated carbocycles. The molecule has 6 nitrogen and oxygen atoms in total. The molecule has 0 spiro atoms. The van der Waals surface area contributed by atoms with Crippen LogP contribution in [-0.4, -0.2) is 23.6 Å². The summed E-state index contributed by atoms with van der Waals surface area (Å²) < 4.78 is 46.8. The van der Waals surface area contributed by atoms with E-state index in [0.29, 0.717) is 23.5 Å². The van der Waals surface area contributed by atoms with E-state index in [-0.39, 0.29) is 17.5 Å². The second-order valence-electron chi connectivity index (χ2n) is 9.76. The number of alkyl halides is 3. The smallest absolute Gasteiger partial charge is 0.416 e. The molecule has 0 aliphatic carbocycles. The molecule has 0 aliphatic rings. The van der Waals surface area contributed by atoms with E-state index in [4.69, 9.17) is 4.74 Å². The van der Waals surface area contributed by atoms with Crippen LogP contribution in [0.4, 0.5) is 24.5 Å². The van der Waals surface area contributed by atoms with Gasteiger partial charge in [0.05, 0.1) is 35.5 Å². The number of para-hydroxylation sites is 1. The van der Waals surface area contributed by atoms with Gasteiger partial charge >= 0.3 is 12.1 Å². The Labute approximate surface area is 224 Å². The number of anilines is 2. The van der Waals surface area contributed by atoms with Crippen molar-refractivity contribution < 1.29 is 27.5 Å². The van der Waals surface area contributed by atoms with Crippen molar-refractivity contribution in [2.45, 2.75) is 39.5 Å². The Hall–Kier alpha value is -4.27. The highest BCUT2D eigenvalue weighted by atomic mass is 19.4. The van der Waals surface area contributed by atoms with E-state index in [0.717, 1.165) is 28.6 Å². The lowest BCUT2D eigenvalue weighted by Crippen LogP contribution is -2.29. The highest BCUT2D eigenvalue weighted by Gasteiger charge is 2.31. The Kier molecular flexibility index (Phi) is 7.99. The summed E-state index contributed by atoms with van der Waals surface area (Å²) in [6.07, 6.45) is -4.50. The average molecular weight is 538 g/mol. The summed E-state index contributed by atoms with van der Waals surface area (Å²) in [4.78, 5) is 25.6. The molecule has 2 N–H and O–H groups in total. The van der Waals surface area contributed by atoms with E-state index in [1.807, 2.05) is 49.6 Å². The fraction of sp³-hybridized carbons (Fsp3) is 0.267. The van der Waals surface area contributed by atoms with Crippen LogP contribution >= 0.6 is 0 Å². The number of nitrogens with zero attached hydrogens (tertiary/aromatic N) is 1. The second-order valence-corrected chi connectivity index (χ2v) is 9.76. The predicted molar refractivity (Wildman–Crippen MR) is 145 cm³/mol. The lowest BCUT2D eigenvalue weighted by atomic mass is 10.1. The van der Waals surface area contributed by atoms with E-state index in [2.05, 4.69) is 10.6 Å². The Bertz CT molecular complexity index is 1490. The maximum atomic E-state index is 13.8. The van der Waals surface area contributed by atoms with Crippen molar-refractivity contribution in [1.82, 2.24) is 9.88 Å². The second kappa shape index (κ2) is 11.2. The highest BCUT2D eigenvalue weighted by Crippen LogP contribution is 2.36. The predicted octanol–water partition coefficient (Wildman–Crippen LogP) is 7.34. The van der Waals surface area contributed by atoms with E-state index in [1.165, 1.54) is 19.2 Å². The first kappa shape index (κ1) is 27.8. The molecule has 0 fully saturated rings. The third-order valence-electron chi connectivity index (χ3n) is 6.37. The molecule has 1 aromatic heterocycles. The van der Waals surface area contributed by atoms with Crippen molar-refractivity contribution in [3.05, 3.63) is 95.2 Å². The van der Waals surface area contributed by atoms with Gasteiger partial charge in [0.2, 0.25) is 0 Å². The zero-order chi connectivity index (χ0) is 28.3. The molecule has 0 aliphatic heterocycles. The molecule has 39 heavy (non-hydrogen) atoms. The molecule has 0 saturated heterocycles. The molecule has 1 amide bonds. The van der Waals surface area contributed by atoms with E-state index < -0.39 is 23.8 Å². The van der Waals surface area contributed by atoms with Gasteiger partial charge in [0, 0.05) is 17.6 Å². The van der Waals surface area contributed by atoms with Gasteiger partial charge in [-0.3, -0.25) is 4.79 Å². The summed E-state index contributed by atoms with van der Waals surface area (Å²) in [5.41, 5.74) is 2.14. The number of esters is 1. The Morgan fingerprint density at radius 1 is 0.949 bits per heavy atom. The largest absolute Gasteiger partial charge is 0.465 e. The fourth-order valence-electron chi connectivity index (χ4n) is 4.51. The molecular weight excluding hydrogens is 507 g/mol. The number of benzene rings is 3. The first-order chi connectivity index (χ1) is 18.5. The number of hydrogen-bond acceptors (Lipinski definition) is 4. The third-order valence-corrected chi connectivity index (χ3v) is 6.37. The molecule has 1 heterocycles. The number of ether oxygens (including phenoxy) is 1. The molecule has 1 atom stereocenters. The van der Waals surface area contributed by atoms with Crippen LogP contribution in [0.5, 0.6) is 0 Å². The van der Waals surface area contributed by atoms with Crippen LogP contribution in [0.2, 0.25) is 0 Å². The molecule has 4 rings (SSSR count). The number of nitrogens with one attached hydrogen (secondary N) is 2. The molecule has 0 radical (unpaired) electrons. The van der Waals surface area contributed by atoms with Crippen LogP contribution in [0.25, 0.3) is 10.9 Å². The number of aromatic nitrogens is 1. The average Bonchev–Trinajstić information content (AvgIpc) is 3.20. The number of carbonyl (C=O) groups is 2. The van der Waals surface area contributed by atoms with Gasteiger partial charge in [-0.1, -0.05) is 50.2 Å². The third kappa shape index (κ3) is 6.08. The van der Waals surface area contributed by atoms with Gasteiger partial charge in [0.15, 0.2) is 0 Å². The van der Waals surface area contributed by atoms with Gasteiger partial charge in [0.1, 0.15) is 5.69 Å². The molecule has 0 bridgehead atoms. The number of halogens is 3. The van der Waals surface area contributed by atoms with Crippen LogP contribution in [0, 0.1) is 5.92 Å². The zero-order valence-electron chi connectivity index (χ0n) is 22.1. The zero-order valence-corrected chi connectivity index (χ0v) is 22.1. The standard InChI is InChI=1S/C30H30F3N3O3/c1-18(2)17-36-25-11-6-5-10-24(25)26(35-23-9-7-8-22(16-23)30(31,32)33)27(36)28(37)34-19(3)20-12-14-21(15-13-20)29(38)39-4/h5-16,18-19,35H,17H2,1-4H3,(H,34,37). The maximum Gasteiger partial charge on any atom is 0.416 e. The molecule has 9 heteroatoms. The summed E-state index contributed by atoms with van der Waals surface area (Å²) in [5.74, 6) is -0.648. The van der Waals surface area contributed by atoms with Gasteiger partial charge in [-0.25, -0.2) is 4.79 Å². The number of carbonyl (C=O) groups excluding carboxylic acids is 2. The minimum atomic E-state index is -4.50. The number of fused-ring (bicyclic) bond motifs is 1. The van der Waals surface area contributed by atoms with E-state index in [1.54, 1.807) is 24.3 Å².